The Balaban J connectivity index is 1.64. The van der Waals surface area contributed by atoms with Gasteiger partial charge in [-0.1, -0.05) is 13.0 Å². The molecular formula is C12H14N2O4S. The first-order valence-corrected chi connectivity index (χ1v) is 6.75. The topological polar surface area (TPSA) is 84.5 Å². The van der Waals surface area contributed by atoms with Gasteiger partial charge in [-0.15, -0.1) is 11.3 Å². The van der Waals surface area contributed by atoms with Crippen molar-refractivity contribution in [2.45, 2.75) is 13.3 Å². The predicted octanol–water partition coefficient (Wildman–Crippen LogP) is 0.708. The second-order valence-electron chi connectivity index (χ2n) is 4.41. The Hall–Kier alpha value is -1.89. The van der Waals surface area contributed by atoms with E-state index in [2.05, 4.69) is 10.9 Å². The van der Waals surface area contributed by atoms with Crippen LogP contribution in [0.1, 0.15) is 23.0 Å². The third-order valence-electron chi connectivity index (χ3n) is 2.82. The van der Waals surface area contributed by atoms with Gasteiger partial charge in [0.1, 0.15) is 0 Å². The van der Waals surface area contributed by atoms with Gasteiger partial charge in [0.2, 0.25) is 0 Å². The summed E-state index contributed by atoms with van der Waals surface area (Å²) in [5.41, 5.74) is 4.43. The van der Waals surface area contributed by atoms with E-state index in [0.717, 1.165) is 6.42 Å². The molecular weight excluding hydrogens is 268 g/mol. The van der Waals surface area contributed by atoms with Crippen LogP contribution in [0.5, 0.6) is 0 Å². The lowest BCUT2D eigenvalue weighted by Crippen LogP contribution is -2.43. The van der Waals surface area contributed by atoms with Crippen molar-refractivity contribution in [3.63, 3.8) is 0 Å². The summed E-state index contributed by atoms with van der Waals surface area (Å²) in [7, 11) is 0. The van der Waals surface area contributed by atoms with E-state index in [1.54, 1.807) is 17.5 Å². The minimum absolute atomic E-state index is 0.0755. The van der Waals surface area contributed by atoms with Gasteiger partial charge >= 0.3 is 5.97 Å². The second kappa shape index (κ2) is 5.83. The predicted molar refractivity (Wildman–Crippen MR) is 68.2 cm³/mol. The van der Waals surface area contributed by atoms with Gasteiger partial charge in [-0.2, -0.15) is 0 Å². The van der Waals surface area contributed by atoms with Gasteiger partial charge < -0.3 is 4.74 Å². The van der Waals surface area contributed by atoms with Crippen LogP contribution in [0.15, 0.2) is 17.5 Å². The van der Waals surface area contributed by atoms with Crippen LogP contribution in [0, 0.1) is 11.8 Å². The van der Waals surface area contributed by atoms with Crippen molar-refractivity contribution in [3.05, 3.63) is 22.4 Å². The van der Waals surface area contributed by atoms with Gasteiger partial charge in [-0.25, -0.2) is 0 Å². The maximum Gasteiger partial charge on any atom is 0.309 e. The molecule has 0 radical (unpaired) electrons. The summed E-state index contributed by atoms with van der Waals surface area (Å²) in [4.78, 5) is 34.7. The van der Waals surface area contributed by atoms with E-state index < -0.39 is 11.8 Å². The minimum Gasteiger partial charge on any atom is -0.455 e. The van der Waals surface area contributed by atoms with Crippen LogP contribution in [0.25, 0.3) is 0 Å². The van der Waals surface area contributed by atoms with Crippen molar-refractivity contribution < 1.29 is 19.1 Å². The summed E-state index contributed by atoms with van der Waals surface area (Å²) in [6.07, 6.45) is 0.815. The van der Waals surface area contributed by atoms with Crippen molar-refractivity contribution in [3.8, 4) is 0 Å². The van der Waals surface area contributed by atoms with Gasteiger partial charge in [0.15, 0.2) is 6.61 Å². The summed E-state index contributed by atoms with van der Waals surface area (Å²) < 4.78 is 4.82. The standard InChI is InChI=1S/C12H14N2O4S/c1-7-5-8(7)12(17)18-6-10(15)13-14-11(16)9-3-2-4-19-9/h2-4,7-8H,5-6H2,1H3,(H,13,15)(H,14,16)/t7-,8-/m1/s1. The quantitative estimate of drug-likeness (QED) is 0.629. The first-order chi connectivity index (χ1) is 9.08. The fourth-order valence-corrected chi connectivity index (χ4v) is 2.15. The molecule has 0 saturated heterocycles. The summed E-state index contributed by atoms with van der Waals surface area (Å²) >= 11 is 1.26. The number of hydrogen-bond acceptors (Lipinski definition) is 5. The van der Waals surface area contributed by atoms with E-state index in [0.29, 0.717) is 10.8 Å². The number of hydrazine groups is 1. The van der Waals surface area contributed by atoms with Crippen molar-refractivity contribution in [2.75, 3.05) is 6.61 Å². The molecule has 1 heterocycles. The molecule has 0 spiro atoms. The molecule has 0 aromatic carbocycles. The van der Waals surface area contributed by atoms with Crippen molar-refractivity contribution in [1.82, 2.24) is 10.9 Å². The third kappa shape index (κ3) is 3.78. The second-order valence-corrected chi connectivity index (χ2v) is 5.35. The number of amides is 2. The largest absolute Gasteiger partial charge is 0.455 e. The highest BCUT2D eigenvalue weighted by atomic mass is 32.1. The molecule has 19 heavy (non-hydrogen) atoms. The Kier molecular flexibility index (Phi) is 4.16. The van der Waals surface area contributed by atoms with Crippen molar-refractivity contribution in [2.24, 2.45) is 11.8 Å². The van der Waals surface area contributed by atoms with E-state index >= 15 is 0 Å². The van der Waals surface area contributed by atoms with Gasteiger partial charge in [0, 0.05) is 0 Å². The first kappa shape index (κ1) is 13.5. The highest BCUT2D eigenvalue weighted by Crippen LogP contribution is 2.38. The van der Waals surface area contributed by atoms with E-state index in [4.69, 9.17) is 4.74 Å². The summed E-state index contributed by atoms with van der Waals surface area (Å²) in [5.74, 6) is -1.05. The number of rotatable bonds is 4. The lowest BCUT2D eigenvalue weighted by atomic mass is 10.3. The molecule has 1 aromatic rings. The molecule has 1 fully saturated rings. The number of carbonyl (C=O) groups excluding carboxylic acids is 3. The van der Waals surface area contributed by atoms with Crippen LogP contribution in [0.4, 0.5) is 0 Å². The zero-order valence-corrected chi connectivity index (χ0v) is 11.2. The zero-order chi connectivity index (χ0) is 13.8. The number of nitrogens with one attached hydrogen (secondary N) is 2. The third-order valence-corrected chi connectivity index (χ3v) is 3.69. The molecule has 2 atom stereocenters. The molecule has 2 rings (SSSR count). The van der Waals surface area contributed by atoms with Crippen LogP contribution < -0.4 is 10.9 Å². The van der Waals surface area contributed by atoms with Gasteiger partial charge in [0.05, 0.1) is 10.8 Å². The summed E-state index contributed by atoms with van der Waals surface area (Å²) in [6, 6.07) is 3.38. The van der Waals surface area contributed by atoms with Crippen LogP contribution in [0.3, 0.4) is 0 Å². The molecule has 1 aliphatic carbocycles. The number of thiophene rings is 1. The van der Waals surface area contributed by atoms with Gasteiger partial charge in [-0.3, -0.25) is 25.2 Å². The van der Waals surface area contributed by atoms with Crippen LogP contribution >= 0.6 is 11.3 Å². The average Bonchev–Trinajstić information content (AvgIpc) is 2.92. The molecule has 1 saturated carbocycles. The monoisotopic (exact) mass is 282 g/mol. The Bertz CT molecular complexity index is 486. The molecule has 1 aromatic heterocycles. The minimum atomic E-state index is -0.563. The fraction of sp³-hybridized carbons (Fsp3) is 0.417. The number of ether oxygens (including phenoxy) is 1. The fourth-order valence-electron chi connectivity index (χ4n) is 1.53. The Morgan fingerprint density at radius 1 is 1.42 bits per heavy atom. The molecule has 102 valence electrons. The van der Waals surface area contributed by atoms with E-state index in [1.165, 1.54) is 11.3 Å². The van der Waals surface area contributed by atoms with Crippen LogP contribution in [-0.2, 0) is 14.3 Å². The van der Waals surface area contributed by atoms with Crippen molar-refractivity contribution >= 4 is 29.1 Å². The Labute approximate surface area is 114 Å². The molecule has 6 nitrogen and oxygen atoms in total. The SMILES string of the molecule is C[C@@H]1C[C@H]1C(=O)OCC(=O)NNC(=O)c1cccs1. The molecule has 2 amide bonds. The Morgan fingerprint density at radius 3 is 2.74 bits per heavy atom. The van der Waals surface area contributed by atoms with Gasteiger partial charge in [-0.05, 0) is 23.8 Å². The van der Waals surface area contributed by atoms with E-state index in [9.17, 15) is 14.4 Å². The first-order valence-electron chi connectivity index (χ1n) is 5.87. The lowest BCUT2D eigenvalue weighted by molar-refractivity contribution is -0.150. The normalized spacial score (nSPS) is 20.5. The van der Waals surface area contributed by atoms with Gasteiger partial charge in [0.25, 0.3) is 11.8 Å². The maximum absolute atomic E-state index is 11.5. The summed E-state index contributed by atoms with van der Waals surface area (Å²) in [5, 5.41) is 1.76. The highest BCUT2D eigenvalue weighted by Gasteiger charge is 2.40. The summed E-state index contributed by atoms with van der Waals surface area (Å²) in [6.45, 7) is 1.57. The zero-order valence-electron chi connectivity index (χ0n) is 10.3. The molecule has 1 aliphatic rings. The number of esters is 1. The lowest BCUT2D eigenvalue weighted by Gasteiger charge is -2.07. The van der Waals surface area contributed by atoms with E-state index in [-0.39, 0.29) is 18.5 Å². The molecule has 2 N–H and O–H groups in total. The van der Waals surface area contributed by atoms with E-state index in [1.807, 2.05) is 6.92 Å². The smallest absolute Gasteiger partial charge is 0.309 e. The maximum atomic E-state index is 11.5. The highest BCUT2D eigenvalue weighted by molar-refractivity contribution is 7.12. The molecule has 0 unspecified atom stereocenters. The number of hydrogen-bond donors (Lipinski definition) is 2. The average molecular weight is 282 g/mol. The molecule has 7 heteroatoms. The Morgan fingerprint density at radius 2 is 2.16 bits per heavy atom. The van der Waals surface area contributed by atoms with Crippen LogP contribution in [-0.4, -0.2) is 24.4 Å². The number of carbonyl (C=O) groups is 3. The van der Waals surface area contributed by atoms with Crippen LogP contribution in [0.2, 0.25) is 0 Å². The van der Waals surface area contributed by atoms with Crippen molar-refractivity contribution in [1.29, 1.82) is 0 Å². The molecule has 0 aliphatic heterocycles. The molecule has 0 bridgehead atoms.